The van der Waals surface area contributed by atoms with Crippen LogP contribution < -0.4 is 5.32 Å². The Morgan fingerprint density at radius 1 is 1.19 bits per heavy atom. The maximum Gasteiger partial charge on any atom is 0.0468 e. The van der Waals surface area contributed by atoms with Crippen LogP contribution in [-0.2, 0) is 6.42 Å². The van der Waals surface area contributed by atoms with Gasteiger partial charge >= 0.3 is 0 Å². The van der Waals surface area contributed by atoms with Gasteiger partial charge in [-0.15, -0.1) is 0 Å². The molecule has 0 saturated carbocycles. The van der Waals surface area contributed by atoms with Crippen LogP contribution in [0.25, 0.3) is 0 Å². The zero-order valence-corrected chi connectivity index (χ0v) is 13.6. The van der Waals surface area contributed by atoms with Crippen molar-refractivity contribution in [3.05, 3.63) is 69.2 Å². The molecule has 0 bridgehead atoms. The quantitative estimate of drug-likeness (QED) is 0.780. The lowest BCUT2D eigenvalue weighted by molar-refractivity contribution is 0.412. The number of hydrogen-bond acceptors (Lipinski definition) is 1. The highest BCUT2D eigenvalue weighted by molar-refractivity contribution is 6.35. The van der Waals surface area contributed by atoms with E-state index in [2.05, 4.69) is 42.6 Å². The second-order valence-corrected chi connectivity index (χ2v) is 6.45. The van der Waals surface area contributed by atoms with Crippen molar-refractivity contribution < 1.29 is 0 Å². The Morgan fingerprint density at radius 3 is 2.71 bits per heavy atom. The molecule has 2 aromatic carbocycles. The Kier molecular flexibility index (Phi) is 4.54. The van der Waals surface area contributed by atoms with E-state index in [1.165, 1.54) is 11.1 Å². The topological polar surface area (TPSA) is 12.0 Å². The summed E-state index contributed by atoms with van der Waals surface area (Å²) in [4.78, 5) is 0. The van der Waals surface area contributed by atoms with Gasteiger partial charge in [-0.05, 0) is 48.2 Å². The molecule has 2 unspecified atom stereocenters. The van der Waals surface area contributed by atoms with Crippen LogP contribution in [0.2, 0.25) is 10.0 Å². The van der Waals surface area contributed by atoms with Crippen LogP contribution in [0.3, 0.4) is 0 Å². The van der Waals surface area contributed by atoms with Gasteiger partial charge in [0.25, 0.3) is 0 Å². The predicted molar refractivity (Wildman–Crippen MR) is 90.4 cm³/mol. The maximum atomic E-state index is 6.43. The molecule has 1 N–H and O–H groups in total. The van der Waals surface area contributed by atoms with E-state index in [-0.39, 0.29) is 6.04 Å². The van der Waals surface area contributed by atoms with Gasteiger partial charge < -0.3 is 5.32 Å². The van der Waals surface area contributed by atoms with Gasteiger partial charge in [0.2, 0.25) is 0 Å². The van der Waals surface area contributed by atoms with Gasteiger partial charge in [0.05, 0.1) is 0 Å². The molecule has 3 heteroatoms. The molecule has 0 saturated heterocycles. The number of rotatable bonds is 5. The molecular formula is C18H19Cl2N. The first-order valence-electron chi connectivity index (χ1n) is 7.47. The highest BCUT2D eigenvalue weighted by Crippen LogP contribution is 2.45. The number of benzene rings is 2. The van der Waals surface area contributed by atoms with Crippen molar-refractivity contribution in [3.63, 3.8) is 0 Å². The third kappa shape index (κ3) is 2.96. The summed E-state index contributed by atoms with van der Waals surface area (Å²) in [6.07, 6.45) is 2.21. The minimum atomic E-state index is 0.254. The first kappa shape index (κ1) is 14.9. The first-order chi connectivity index (χ1) is 10.2. The van der Waals surface area contributed by atoms with E-state index >= 15 is 0 Å². The van der Waals surface area contributed by atoms with Gasteiger partial charge in [-0.1, -0.05) is 60.5 Å². The highest BCUT2D eigenvalue weighted by Gasteiger charge is 2.34. The Hall–Kier alpha value is -1.02. The molecule has 0 heterocycles. The number of hydrogen-bond donors (Lipinski definition) is 1. The molecule has 0 aliphatic heterocycles. The lowest BCUT2D eigenvalue weighted by atomic mass is 9.71. The summed E-state index contributed by atoms with van der Waals surface area (Å²) in [5.74, 6) is 0.492. The summed E-state index contributed by atoms with van der Waals surface area (Å²) < 4.78 is 0. The Balaban J connectivity index is 1.92. The average molecular weight is 320 g/mol. The maximum absolute atomic E-state index is 6.43. The molecular weight excluding hydrogens is 301 g/mol. The Bertz CT molecular complexity index is 639. The van der Waals surface area contributed by atoms with Crippen molar-refractivity contribution in [1.29, 1.82) is 0 Å². The number of halogens is 2. The molecule has 21 heavy (non-hydrogen) atoms. The molecule has 0 amide bonds. The summed E-state index contributed by atoms with van der Waals surface area (Å²) in [5.41, 5.74) is 4.04. The van der Waals surface area contributed by atoms with Crippen LogP contribution in [0, 0.1) is 0 Å². The second kappa shape index (κ2) is 6.39. The van der Waals surface area contributed by atoms with E-state index in [1.807, 2.05) is 12.1 Å². The lowest BCUT2D eigenvalue weighted by Crippen LogP contribution is -2.34. The van der Waals surface area contributed by atoms with Crippen molar-refractivity contribution in [1.82, 2.24) is 5.32 Å². The highest BCUT2D eigenvalue weighted by atomic mass is 35.5. The predicted octanol–water partition coefficient (Wildman–Crippen LogP) is 5.37. The molecule has 2 aromatic rings. The second-order valence-electron chi connectivity index (χ2n) is 5.61. The lowest BCUT2D eigenvalue weighted by Gasteiger charge is -2.37. The summed E-state index contributed by atoms with van der Waals surface area (Å²) in [6, 6.07) is 14.7. The van der Waals surface area contributed by atoms with Crippen molar-refractivity contribution in [2.45, 2.75) is 31.7 Å². The minimum absolute atomic E-state index is 0.254. The summed E-state index contributed by atoms with van der Waals surface area (Å²) in [6.45, 7) is 3.17. The number of nitrogens with one attached hydrogen (secondary N) is 1. The zero-order chi connectivity index (χ0) is 14.8. The molecule has 1 nitrogen and oxygen atoms in total. The van der Waals surface area contributed by atoms with E-state index in [0.29, 0.717) is 10.9 Å². The monoisotopic (exact) mass is 319 g/mol. The molecule has 1 aliphatic carbocycles. The van der Waals surface area contributed by atoms with Crippen LogP contribution in [0.15, 0.2) is 42.5 Å². The van der Waals surface area contributed by atoms with Crippen molar-refractivity contribution in [2.24, 2.45) is 0 Å². The van der Waals surface area contributed by atoms with Gasteiger partial charge in [0.1, 0.15) is 0 Å². The van der Waals surface area contributed by atoms with Gasteiger partial charge in [-0.3, -0.25) is 0 Å². The van der Waals surface area contributed by atoms with Crippen LogP contribution >= 0.6 is 23.2 Å². The third-order valence-electron chi connectivity index (χ3n) is 4.21. The van der Waals surface area contributed by atoms with E-state index in [9.17, 15) is 0 Å². The molecule has 0 radical (unpaired) electrons. The fourth-order valence-corrected chi connectivity index (χ4v) is 3.64. The average Bonchev–Trinajstić information content (AvgIpc) is 2.44. The summed E-state index contributed by atoms with van der Waals surface area (Å²) in [5, 5.41) is 5.10. The van der Waals surface area contributed by atoms with Crippen molar-refractivity contribution in [3.8, 4) is 0 Å². The van der Waals surface area contributed by atoms with E-state index < -0.39 is 0 Å². The fraction of sp³-hybridized carbons (Fsp3) is 0.333. The fourth-order valence-electron chi connectivity index (χ4n) is 3.12. The number of fused-ring (bicyclic) bond motifs is 1. The van der Waals surface area contributed by atoms with E-state index in [0.717, 1.165) is 30.0 Å². The SMILES string of the molecule is CCCNC(c1ccc(Cl)cc1Cl)C1Cc2ccccc21. The summed E-state index contributed by atoms with van der Waals surface area (Å²) >= 11 is 12.5. The van der Waals surface area contributed by atoms with Gasteiger partial charge in [-0.25, -0.2) is 0 Å². The molecule has 3 rings (SSSR count). The molecule has 0 spiro atoms. The standard InChI is InChI=1S/C18H19Cl2N/c1-2-9-21-18(15-8-7-13(19)11-17(15)20)16-10-12-5-3-4-6-14(12)16/h3-8,11,16,18,21H,2,9-10H2,1H3. The normalized spacial score (nSPS) is 18.0. The molecule has 0 aromatic heterocycles. The minimum Gasteiger partial charge on any atom is -0.309 e. The van der Waals surface area contributed by atoms with E-state index in [4.69, 9.17) is 23.2 Å². The van der Waals surface area contributed by atoms with Crippen LogP contribution in [0.1, 0.15) is 42.0 Å². The van der Waals surface area contributed by atoms with Gasteiger partial charge in [0, 0.05) is 22.0 Å². The van der Waals surface area contributed by atoms with Crippen LogP contribution in [0.5, 0.6) is 0 Å². The van der Waals surface area contributed by atoms with Gasteiger partial charge in [0.15, 0.2) is 0 Å². The smallest absolute Gasteiger partial charge is 0.0468 e. The molecule has 2 atom stereocenters. The first-order valence-corrected chi connectivity index (χ1v) is 8.22. The Labute approximate surface area is 136 Å². The van der Waals surface area contributed by atoms with Crippen molar-refractivity contribution in [2.75, 3.05) is 6.54 Å². The largest absolute Gasteiger partial charge is 0.309 e. The van der Waals surface area contributed by atoms with Crippen LogP contribution in [-0.4, -0.2) is 6.54 Å². The third-order valence-corrected chi connectivity index (χ3v) is 4.77. The zero-order valence-electron chi connectivity index (χ0n) is 12.1. The van der Waals surface area contributed by atoms with E-state index in [1.54, 1.807) is 0 Å². The van der Waals surface area contributed by atoms with Gasteiger partial charge in [-0.2, -0.15) is 0 Å². The van der Waals surface area contributed by atoms with Crippen molar-refractivity contribution >= 4 is 23.2 Å². The Morgan fingerprint density at radius 2 is 2.00 bits per heavy atom. The molecule has 110 valence electrons. The summed E-state index contributed by atoms with van der Waals surface area (Å²) in [7, 11) is 0. The van der Waals surface area contributed by atoms with Crippen LogP contribution in [0.4, 0.5) is 0 Å². The molecule has 1 aliphatic rings. The molecule has 0 fully saturated rings.